The van der Waals surface area contributed by atoms with Gasteiger partial charge in [-0.2, -0.15) is 0 Å². The Kier molecular flexibility index (Phi) is 6.52. The molecular formula is C24H23N3O3S. The number of nitrogens with one attached hydrogen (secondary N) is 1. The van der Waals surface area contributed by atoms with Gasteiger partial charge in [0.2, 0.25) is 5.91 Å². The number of ether oxygens (including phenoxy) is 1. The first kappa shape index (κ1) is 20.9. The lowest BCUT2D eigenvalue weighted by molar-refractivity contribution is -0.116. The summed E-state index contributed by atoms with van der Waals surface area (Å²) < 4.78 is 5.43. The van der Waals surface area contributed by atoms with Crippen molar-refractivity contribution in [1.82, 2.24) is 10.3 Å². The monoisotopic (exact) mass is 433 g/mol. The number of fused-ring (bicyclic) bond motifs is 1. The van der Waals surface area contributed by atoms with Gasteiger partial charge in [-0.15, -0.1) is 0 Å². The summed E-state index contributed by atoms with van der Waals surface area (Å²) >= 11 is 1.46. The van der Waals surface area contributed by atoms with Crippen LogP contribution in [-0.2, 0) is 17.9 Å². The highest BCUT2D eigenvalue weighted by molar-refractivity contribution is 8.00. The van der Waals surface area contributed by atoms with Crippen LogP contribution in [0.15, 0.2) is 71.9 Å². The summed E-state index contributed by atoms with van der Waals surface area (Å²) in [5.41, 5.74) is 3.37. The van der Waals surface area contributed by atoms with Gasteiger partial charge >= 0.3 is 0 Å². The van der Waals surface area contributed by atoms with Crippen molar-refractivity contribution in [3.8, 4) is 5.75 Å². The molecule has 1 aliphatic rings. The normalized spacial score (nSPS) is 12.9. The molecule has 6 nitrogen and oxygen atoms in total. The molecule has 0 atom stereocenters. The van der Waals surface area contributed by atoms with E-state index in [2.05, 4.69) is 10.3 Å². The summed E-state index contributed by atoms with van der Waals surface area (Å²) in [6, 6.07) is 18.8. The van der Waals surface area contributed by atoms with Crippen molar-refractivity contribution >= 4 is 29.3 Å². The summed E-state index contributed by atoms with van der Waals surface area (Å²) in [4.78, 5) is 31.0. The SMILES string of the molecule is CCOc1ccc(CNC(=O)c2ccc(CN3C(=O)CSc4ncccc43)cc2)cc1. The van der Waals surface area contributed by atoms with Gasteiger partial charge in [0.1, 0.15) is 10.8 Å². The largest absolute Gasteiger partial charge is 0.494 e. The van der Waals surface area contributed by atoms with Crippen LogP contribution in [0.2, 0.25) is 0 Å². The number of amides is 2. The van der Waals surface area contributed by atoms with Crippen LogP contribution < -0.4 is 15.0 Å². The topological polar surface area (TPSA) is 71.5 Å². The summed E-state index contributed by atoms with van der Waals surface area (Å²) in [5.74, 6) is 1.12. The molecule has 0 fully saturated rings. The van der Waals surface area contributed by atoms with E-state index in [1.54, 1.807) is 23.2 Å². The lowest BCUT2D eigenvalue weighted by Gasteiger charge is -2.28. The second-order valence-electron chi connectivity index (χ2n) is 7.05. The molecule has 1 aliphatic heterocycles. The fourth-order valence-electron chi connectivity index (χ4n) is 3.31. The van der Waals surface area contributed by atoms with Crippen LogP contribution in [0.4, 0.5) is 5.69 Å². The maximum absolute atomic E-state index is 12.5. The molecule has 0 spiro atoms. The van der Waals surface area contributed by atoms with E-state index in [1.807, 2.05) is 55.5 Å². The fraction of sp³-hybridized carbons (Fsp3) is 0.208. The van der Waals surface area contributed by atoms with Crippen LogP contribution in [0.5, 0.6) is 5.75 Å². The van der Waals surface area contributed by atoms with Crippen molar-refractivity contribution < 1.29 is 14.3 Å². The molecule has 2 aromatic carbocycles. The minimum absolute atomic E-state index is 0.0580. The molecular weight excluding hydrogens is 410 g/mol. The molecule has 0 bridgehead atoms. The summed E-state index contributed by atoms with van der Waals surface area (Å²) in [6.45, 7) is 3.46. The highest BCUT2D eigenvalue weighted by atomic mass is 32.2. The first-order valence-corrected chi connectivity index (χ1v) is 11.1. The summed E-state index contributed by atoms with van der Waals surface area (Å²) in [6.07, 6.45) is 1.74. The van der Waals surface area contributed by atoms with E-state index < -0.39 is 0 Å². The van der Waals surface area contributed by atoms with Crippen LogP contribution in [0.3, 0.4) is 0 Å². The van der Waals surface area contributed by atoms with E-state index >= 15 is 0 Å². The van der Waals surface area contributed by atoms with Gasteiger partial charge in [-0.1, -0.05) is 36.0 Å². The Balaban J connectivity index is 1.37. The fourth-order valence-corrected chi connectivity index (χ4v) is 4.19. The van der Waals surface area contributed by atoms with E-state index in [1.165, 1.54) is 11.8 Å². The Hall–Kier alpha value is -3.32. The van der Waals surface area contributed by atoms with Crippen molar-refractivity contribution in [3.63, 3.8) is 0 Å². The number of hydrogen-bond donors (Lipinski definition) is 1. The van der Waals surface area contributed by atoms with Crippen molar-refractivity contribution in [2.75, 3.05) is 17.3 Å². The molecule has 2 amide bonds. The number of hydrogen-bond acceptors (Lipinski definition) is 5. The van der Waals surface area contributed by atoms with Crippen LogP contribution in [0, 0.1) is 0 Å². The number of nitrogens with zero attached hydrogens (tertiary/aromatic N) is 2. The molecule has 7 heteroatoms. The summed E-state index contributed by atoms with van der Waals surface area (Å²) in [7, 11) is 0. The number of benzene rings is 2. The molecule has 4 rings (SSSR count). The third-order valence-corrected chi connectivity index (χ3v) is 5.90. The Bertz CT molecular complexity index is 1070. The summed E-state index contributed by atoms with van der Waals surface area (Å²) in [5, 5.41) is 3.80. The van der Waals surface area contributed by atoms with E-state index in [0.717, 1.165) is 27.6 Å². The average molecular weight is 434 g/mol. The van der Waals surface area contributed by atoms with Gasteiger partial charge in [-0.25, -0.2) is 4.98 Å². The maximum Gasteiger partial charge on any atom is 0.251 e. The van der Waals surface area contributed by atoms with Crippen molar-refractivity contribution in [2.24, 2.45) is 0 Å². The predicted molar refractivity (Wildman–Crippen MR) is 121 cm³/mol. The molecule has 0 unspecified atom stereocenters. The van der Waals surface area contributed by atoms with Gasteiger partial charge in [-0.05, 0) is 54.4 Å². The van der Waals surface area contributed by atoms with Crippen LogP contribution in [-0.4, -0.2) is 29.2 Å². The smallest absolute Gasteiger partial charge is 0.251 e. The highest BCUT2D eigenvalue weighted by Gasteiger charge is 2.25. The third kappa shape index (κ3) is 5.06. The minimum Gasteiger partial charge on any atom is -0.494 e. The van der Waals surface area contributed by atoms with Crippen molar-refractivity contribution in [2.45, 2.75) is 25.0 Å². The average Bonchev–Trinajstić information content (AvgIpc) is 2.81. The third-order valence-electron chi connectivity index (χ3n) is 4.92. The lowest BCUT2D eigenvalue weighted by Crippen LogP contribution is -2.35. The number of pyridine rings is 1. The number of aromatic nitrogens is 1. The minimum atomic E-state index is -0.138. The Labute approximate surface area is 185 Å². The quantitative estimate of drug-likeness (QED) is 0.609. The molecule has 31 heavy (non-hydrogen) atoms. The zero-order chi connectivity index (χ0) is 21.6. The number of carbonyl (C=O) groups is 2. The van der Waals surface area contributed by atoms with Crippen LogP contribution in [0.1, 0.15) is 28.4 Å². The molecule has 0 aliphatic carbocycles. The predicted octanol–water partition coefficient (Wildman–Crippen LogP) is 4.05. The Morgan fingerprint density at radius 3 is 2.58 bits per heavy atom. The standard InChI is InChI=1S/C24H23N3O3S/c1-2-30-20-11-7-17(8-12-20)14-26-23(29)19-9-5-18(6-10-19)15-27-21-4-3-13-25-24(21)31-16-22(27)28/h3-13H,2,14-16H2,1H3,(H,26,29). The molecule has 0 saturated carbocycles. The number of thioether (sulfide) groups is 1. The second kappa shape index (κ2) is 9.66. The van der Waals surface area contributed by atoms with Gasteiger partial charge in [-0.3, -0.25) is 9.59 Å². The molecule has 158 valence electrons. The van der Waals surface area contributed by atoms with Gasteiger partial charge in [0.25, 0.3) is 5.91 Å². The van der Waals surface area contributed by atoms with Crippen molar-refractivity contribution in [1.29, 1.82) is 0 Å². The van der Waals surface area contributed by atoms with Crippen LogP contribution >= 0.6 is 11.8 Å². The van der Waals surface area contributed by atoms with Gasteiger partial charge < -0.3 is 15.0 Å². The number of anilines is 1. The zero-order valence-electron chi connectivity index (χ0n) is 17.2. The van der Waals surface area contributed by atoms with Crippen molar-refractivity contribution in [3.05, 3.63) is 83.6 Å². The zero-order valence-corrected chi connectivity index (χ0v) is 18.0. The van der Waals surface area contributed by atoms with Gasteiger partial charge in [0, 0.05) is 18.3 Å². The molecule has 0 radical (unpaired) electrons. The maximum atomic E-state index is 12.5. The first-order valence-electron chi connectivity index (χ1n) is 10.1. The first-order chi connectivity index (χ1) is 15.1. The van der Waals surface area contributed by atoms with Gasteiger partial charge in [0.05, 0.1) is 24.6 Å². The van der Waals surface area contributed by atoms with Crippen LogP contribution in [0.25, 0.3) is 0 Å². The molecule has 1 aromatic heterocycles. The number of rotatable bonds is 7. The van der Waals surface area contributed by atoms with E-state index in [4.69, 9.17) is 4.74 Å². The second-order valence-corrected chi connectivity index (χ2v) is 8.02. The molecule has 2 heterocycles. The van der Waals surface area contributed by atoms with E-state index in [-0.39, 0.29) is 11.8 Å². The molecule has 1 N–H and O–H groups in total. The van der Waals surface area contributed by atoms with Gasteiger partial charge in [0.15, 0.2) is 0 Å². The molecule has 0 saturated heterocycles. The Morgan fingerprint density at radius 1 is 1.10 bits per heavy atom. The van der Waals surface area contributed by atoms with E-state index in [9.17, 15) is 9.59 Å². The Morgan fingerprint density at radius 2 is 1.84 bits per heavy atom. The highest BCUT2D eigenvalue weighted by Crippen LogP contribution is 2.34. The molecule has 3 aromatic rings. The van der Waals surface area contributed by atoms with E-state index in [0.29, 0.717) is 31.0 Å². The lowest BCUT2D eigenvalue weighted by atomic mass is 10.1. The number of carbonyl (C=O) groups excluding carboxylic acids is 2.